The molecule has 0 fully saturated rings. The number of hydrogen-bond donors (Lipinski definition) is 1. The molecule has 1 rings (SSSR count). The van der Waals surface area contributed by atoms with Crippen LogP contribution in [0.4, 0.5) is 0 Å². The first-order valence-corrected chi connectivity index (χ1v) is 4.18. The monoisotopic (exact) mass is 192 g/mol. The maximum absolute atomic E-state index is 8.66. The predicted octanol–water partition coefficient (Wildman–Crippen LogP) is 1.69. The molecule has 0 atom stereocenters. The van der Waals surface area contributed by atoms with Gasteiger partial charge in [-0.3, -0.25) is 0 Å². The second-order valence-corrected chi connectivity index (χ2v) is 2.67. The maximum Gasteiger partial charge on any atom is 0.106 e. The van der Waals surface area contributed by atoms with Gasteiger partial charge in [0.1, 0.15) is 12.8 Å². The van der Waals surface area contributed by atoms with Crippen LogP contribution in [0.2, 0.25) is 0 Å². The van der Waals surface area contributed by atoms with E-state index in [1.807, 2.05) is 30.3 Å². The third-order valence-corrected chi connectivity index (χ3v) is 1.66. The Bertz CT molecular complexity index is 320. The van der Waals surface area contributed by atoms with Crippen LogP contribution >= 0.6 is 0 Å². The molecule has 0 amide bonds. The molecule has 0 heterocycles. The summed E-state index contributed by atoms with van der Waals surface area (Å²) in [7, 11) is 1.44. The Morgan fingerprint density at radius 1 is 1.43 bits per heavy atom. The summed E-state index contributed by atoms with van der Waals surface area (Å²) in [5, 5.41) is 15.3. The Balaban J connectivity index is 2.63. The van der Waals surface area contributed by atoms with Gasteiger partial charge in [-0.25, -0.2) is 0 Å². The van der Waals surface area contributed by atoms with Gasteiger partial charge in [0.15, 0.2) is 0 Å². The number of rotatable bonds is 4. The number of nitrogens with zero attached hydrogens (tertiary/aromatic N) is 2. The van der Waals surface area contributed by atoms with Crippen molar-refractivity contribution in [3.63, 3.8) is 0 Å². The van der Waals surface area contributed by atoms with Crippen molar-refractivity contribution in [2.75, 3.05) is 7.11 Å². The lowest BCUT2D eigenvalue weighted by Crippen LogP contribution is -2.04. The van der Waals surface area contributed by atoms with Gasteiger partial charge in [0.25, 0.3) is 0 Å². The molecule has 0 aliphatic carbocycles. The molecule has 14 heavy (non-hydrogen) atoms. The fourth-order valence-electron chi connectivity index (χ4n) is 1.03. The molecule has 4 nitrogen and oxygen atoms in total. The molecular weight excluding hydrogens is 180 g/mol. The molecule has 0 bridgehead atoms. The van der Waals surface area contributed by atoms with Crippen molar-refractivity contribution in [1.82, 2.24) is 0 Å². The standard InChI is InChI=1S/C10H12N2O2/c1-14-11-8-10(12-13)7-9-5-3-2-4-6-9/h2-6,8,13H,7H2,1H3. The zero-order valence-corrected chi connectivity index (χ0v) is 7.92. The van der Waals surface area contributed by atoms with Gasteiger partial charge in [-0.2, -0.15) is 0 Å². The van der Waals surface area contributed by atoms with E-state index in [4.69, 9.17) is 5.21 Å². The highest BCUT2D eigenvalue weighted by Gasteiger charge is 1.98. The summed E-state index contributed by atoms with van der Waals surface area (Å²) in [6, 6.07) is 9.69. The summed E-state index contributed by atoms with van der Waals surface area (Å²) < 4.78 is 0. The third kappa shape index (κ3) is 3.26. The Morgan fingerprint density at radius 3 is 2.71 bits per heavy atom. The highest BCUT2D eigenvalue weighted by atomic mass is 16.6. The molecule has 0 spiro atoms. The predicted molar refractivity (Wildman–Crippen MR) is 54.9 cm³/mol. The molecule has 1 aromatic rings. The van der Waals surface area contributed by atoms with Crippen molar-refractivity contribution in [1.29, 1.82) is 0 Å². The molecule has 0 unspecified atom stereocenters. The molecule has 0 aromatic heterocycles. The first kappa shape index (κ1) is 10.2. The normalized spacial score (nSPS) is 11.9. The van der Waals surface area contributed by atoms with Crippen LogP contribution < -0.4 is 0 Å². The van der Waals surface area contributed by atoms with Crippen LogP contribution in [0.3, 0.4) is 0 Å². The van der Waals surface area contributed by atoms with E-state index in [0.717, 1.165) is 5.56 Å². The average molecular weight is 192 g/mol. The van der Waals surface area contributed by atoms with E-state index in [0.29, 0.717) is 12.1 Å². The summed E-state index contributed by atoms with van der Waals surface area (Å²) in [6.45, 7) is 0. The zero-order valence-electron chi connectivity index (χ0n) is 7.92. The fraction of sp³-hybridized carbons (Fsp3) is 0.200. The van der Waals surface area contributed by atoms with Crippen LogP contribution in [0.1, 0.15) is 5.56 Å². The van der Waals surface area contributed by atoms with Gasteiger partial charge in [-0.15, -0.1) is 0 Å². The van der Waals surface area contributed by atoms with Crippen LogP contribution in [-0.4, -0.2) is 24.2 Å². The van der Waals surface area contributed by atoms with E-state index in [9.17, 15) is 0 Å². The average Bonchev–Trinajstić information content (AvgIpc) is 2.25. The van der Waals surface area contributed by atoms with E-state index in [-0.39, 0.29) is 0 Å². The lowest BCUT2D eigenvalue weighted by Gasteiger charge is -1.98. The third-order valence-electron chi connectivity index (χ3n) is 1.66. The molecule has 0 aliphatic rings. The molecular formula is C10H12N2O2. The second-order valence-electron chi connectivity index (χ2n) is 2.67. The molecule has 74 valence electrons. The quantitative estimate of drug-likeness (QED) is 0.448. The summed E-state index contributed by atoms with van der Waals surface area (Å²) in [5.41, 5.74) is 1.51. The number of benzene rings is 1. The Morgan fingerprint density at radius 2 is 2.14 bits per heavy atom. The van der Waals surface area contributed by atoms with Crippen LogP contribution in [-0.2, 0) is 11.3 Å². The molecule has 1 aromatic carbocycles. The van der Waals surface area contributed by atoms with Crippen molar-refractivity contribution < 1.29 is 10.0 Å². The minimum Gasteiger partial charge on any atom is -0.411 e. The van der Waals surface area contributed by atoms with E-state index in [2.05, 4.69) is 15.1 Å². The maximum atomic E-state index is 8.66. The van der Waals surface area contributed by atoms with Gasteiger partial charge in [-0.1, -0.05) is 40.6 Å². The van der Waals surface area contributed by atoms with Crippen molar-refractivity contribution in [3.8, 4) is 0 Å². The van der Waals surface area contributed by atoms with E-state index in [1.54, 1.807) is 0 Å². The van der Waals surface area contributed by atoms with Crippen LogP contribution in [0.15, 0.2) is 40.6 Å². The topological polar surface area (TPSA) is 54.2 Å². The van der Waals surface area contributed by atoms with Crippen LogP contribution in [0.5, 0.6) is 0 Å². The molecule has 0 saturated carbocycles. The van der Waals surface area contributed by atoms with E-state index < -0.39 is 0 Å². The lowest BCUT2D eigenvalue weighted by molar-refractivity contribution is 0.215. The Labute approximate surface area is 82.5 Å². The summed E-state index contributed by atoms with van der Waals surface area (Å²) in [4.78, 5) is 4.49. The molecule has 0 saturated heterocycles. The minimum atomic E-state index is 0.457. The summed E-state index contributed by atoms with van der Waals surface area (Å²) in [5.74, 6) is 0. The van der Waals surface area contributed by atoms with Crippen LogP contribution in [0, 0.1) is 0 Å². The zero-order chi connectivity index (χ0) is 10.2. The van der Waals surface area contributed by atoms with Crippen molar-refractivity contribution >= 4 is 11.9 Å². The van der Waals surface area contributed by atoms with Gasteiger partial charge in [0, 0.05) is 6.42 Å². The van der Waals surface area contributed by atoms with Gasteiger partial charge in [-0.05, 0) is 5.56 Å². The number of hydrogen-bond acceptors (Lipinski definition) is 4. The van der Waals surface area contributed by atoms with Crippen molar-refractivity contribution in [3.05, 3.63) is 35.9 Å². The highest BCUT2D eigenvalue weighted by Crippen LogP contribution is 2.00. The largest absolute Gasteiger partial charge is 0.411 e. The minimum absolute atomic E-state index is 0.457. The summed E-state index contributed by atoms with van der Waals surface area (Å²) in [6.07, 6.45) is 1.91. The highest BCUT2D eigenvalue weighted by molar-refractivity contribution is 6.30. The smallest absolute Gasteiger partial charge is 0.106 e. The van der Waals surface area contributed by atoms with Crippen LogP contribution in [0.25, 0.3) is 0 Å². The second kappa shape index (κ2) is 5.75. The molecule has 0 radical (unpaired) electrons. The van der Waals surface area contributed by atoms with E-state index in [1.165, 1.54) is 13.3 Å². The van der Waals surface area contributed by atoms with Gasteiger partial charge in [0.2, 0.25) is 0 Å². The molecule has 4 heteroatoms. The van der Waals surface area contributed by atoms with Gasteiger partial charge < -0.3 is 10.0 Å². The van der Waals surface area contributed by atoms with Crippen molar-refractivity contribution in [2.45, 2.75) is 6.42 Å². The SMILES string of the molecule is CON=CC(Cc1ccccc1)=NO. The fourth-order valence-corrected chi connectivity index (χ4v) is 1.03. The Hall–Kier alpha value is -1.84. The van der Waals surface area contributed by atoms with E-state index >= 15 is 0 Å². The van der Waals surface area contributed by atoms with Gasteiger partial charge in [0.05, 0.1) is 6.21 Å². The molecule has 0 aliphatic heterocycles. The van der Waals surface area contributed by atoms with Crippen molar-refractivity contribution in [2.24, 2.45) is 10.3 Å². The summed E-state index contributed by atoms with van der Waals surface area (Å²) >= 11 is 0. The lowest BCUT2D eigenvalue weighted by atomic mass is 10.1. The first-order valence-electron chi connectivity index (χ1n) is 4.18. The Kier molecular flexibility index (Phi) is 4.20. The van der Waals surface area contributed by atoms with Gasteiger partial charge >= 0.3 is 0 Å². The molecule has 1 N–H and O–H groups in total. The first-order chi connectivity index (χ1) is 6.86. The number of oxime groups is 2.